The second-order valence-electron chi connectivity index (χ2n) is 6.09. The second-order valence-corrected chi connectivity index (χ2v) is 6.50. The minimum absolute atomic E-state index is 0.0254. The SMILES string of the molecule is Cc1cc(C(C)(C)C)c(C(=O)c2ccccc2)cc1Cl. The maximum Gasteiger partial charge on any atom is 0.193 e. The second kappa shape index (κ2) is 5.41. The van der Waals surface area contributed by atoms with Crippen LogP contribution in [0.5, 0.6) is 0 Å². The lowest BCUT2D eigenvalue weighted by molar-refractivity contribution is 0.103. The zero-order chi connectivity index (χ0) is 14.9. The average Bonchev–Trinajstić information content (AvgIpc) is 2.40. The zero-order valence-electron chi connectivity index (χ0n) is 12.3. The molecule has 0 N–H and O–H groups in total. The van der Waals surface area contributed by atoms with Crippen LogP contribution in [0.15, 0.2) is 42.5 Å². The van der Waals surface area contributed by atoms with Crippen LogP contribution in [0.1, 0.15) is 47.8 Å². The van der Waals surface area contributed by atoms with Gasteiger partial charge in [0.05, 0.1) is 0 Å². The predicted molar refractivity (Wildman–Crippen MR) is 84.8 cm³/mol. The van der Waals surface area contributed by atoms with Crippen LogP contribution in [0.4, 0.5) is 0 Å². The summed E-state index contributed by atoms with van der Waals surface area (Å²) in [5, 5.41) is 0.636. The van der Waals surface area contributed by atoms with Gasteiger partial charge in [0.1, 0.15) is 0 Å². The summed E-state index contributed by atoms with van der Waals surface area (Å²) >= 11 is 6.22. The van der Waals surface area contributed by atoms with E-state index in [1.807, 2.05) is 43.3 Å². The summed E-state index contributed by atoms with van der Waals surface area (Å²) in [6.07, 6.45) is 0. The lowest BCUT2D eigenvalue weighted by Crippen LogP contribution is -2.18. The molecule has 0 saturated carbocycles. The average molecular weight is 287 g/mol. The minimum Gasteiger partial charge on any atom is -0.289 e. The molecule has 0 spiro atoms. The first-order chi connectivity index (χ1) is 9.30. The van der Waals surface area contributed by atoms with Gasteiger partial charge in [0.15, 0.2) is 5.78 Å². The first-order valence-electron chi connectivity index (χ1n) is 6.71. The molecule has 0 bridgehead atoms. The standard InChI is InChI=1S/C18H19ClO/c1-12-10-15(18(2,3)4)14(11-16(12)19)17(20)13-8-6-5-7-9-13/h5-11H,1-4H3. The molecule has 0 saturated heterocycles. The van der Waals surface area contributed by atoms with Crippen molar-refractivity contribution in [2.24, 2.45) is 0 Å². The van der Waals surface area contributed by atoms with Crippen molar-refractivity contribution in [1.29, 1.82) is 0 Å². The maximum atomic E-state index is 12.7. The summed E-state index contributed by atoms with van der Waals surface area (Å²) in [7, 11) is 0. The van der Waals surface area contributed by atoms with Crippen LogP contribution in [0.2, 0.25) is 5.02 Å². The number of carbonyl (C=O) groups excluding carboxylic acids is 1. The van der Waals surface area contributed by atoms with Crippen molar-refractivity contribution in [2.75, 3.05) is 0 Å². The Labute approximate surface area is 125 Å². The summed E-state index contributed by atoms with van der Waals surface area (Å²) in [5.74, 6) is 0.0254. The van der Waals surface area contributed by atoms with Gasteiger partial charge in [-0.05, 0) is 29.5 Å². The Morgan fingerprint density at radius 2 is 1.65 bits per heavy atom. The third-order valence-corrected chi connectivity index (χ3v) is 3.79. The predicted octanol–water partition coefficient (Wildman–Crippen LogP) is 5.18. The molecule has 0 radical (unpaired) electrons. The number of rotatable bonds is 2. The highest BCUT2D eigenvalue weighted by Crippen LogP contribution is 2.31. The van der Waals surface area contributed by atoms with E-state index in [0.717, 1.165) is 11.1 Å². The van der Waals surface area contributed by atoms with Gasteiger partial charge in [-0.2, -0.15) is 0 Å². The first kappa shape index (κ1) is 14.8. The number of hydrogen-bond donors (Lipinski definition) is 0. The molecule has 0 aliphatic heterocycles. The molecular weight excluding hydrogens is 268 g/mol. The van der Waals surface area contributed by atoms with Crippen molar-refractivity contribution in [3.63, 3.8) is 0 Å². The lowest BCUT2D eigenvalue weighted by Gasteiger charge is -2.23. The summed E-state index contributed by atoms with van der Waals surface area (Å²) in [5.41, 5.74) is 3.32. The third kappa shape index (κ3) is 2.94. The van der Waals surface area contributed by atoms with E-state index in [1.54, 1.807) is 6.07 Å². The van der Waals surface area contributed by atoms with E-state index in [2.05, 4.69) is 20.8 Å². The largest absolute Gasteiger partial charge is 0.289 e. The van der Waals surface area contributed by atoms with Crippen molar-refractivity contribution in [2.45, 2.75) is 33.1 Å². The van der Waals surface area contributed by atoms with E-state index >= 15 is 0 Å². The maximum absolute atomic E-state index is 12.7. The molecule has 0 aromatic heterocycles. The van der Waals surface area contributed by atoms with Crippen molar-refractivity contribution in [3.8, 4) is 0 Å². The summed E-state index contributed by atoms with van der Waals surface area (Å²) in [6.45, 7) is 8.29. The molecule has 0 aliphatic carbocycles. The molecule has 2 heteroatoms. The number of halogens is 1. The van der Waals surface area contributed by atoms with E-state index in [4.69, 9.17) is 11.6 Å². The van der Waals surface area contributed by atoms with Crippen LogP contribution in [0.25, 0.3) is 0 Å². The highest BCUT2D eigenvalue weighted by molar-refractivity contribution is 6.32. The van der Waals surface area contributed by atoms with E-state index in [1.165, 1.54) is 0 Å². The van der Waals surface area contributed by atoms with E-state index in [9.17, 15) is 4.79 Å². The van der Waals surface area contributed by atoms with Crippen LogP contribution in [0.3, 0.4) is 0 Å². The molecular formula is C18H19ClO. The van der Waals surface area contributed by atoms with Crippen molar-refractivity contribution in [3.05, 3.63) is 69.7 Å². The smallest absolute Gasteiger partial charge is 0.193 e. The van der Waals surface area contributed by atoms with Gasteiger partial charge in [0.25, 0.3) is 0 Å². The van der Waals surface area contributed by atoms with Gasteiger partial charge in [-0.1, -0.05) is 68.8 Å². The van der Waals surface area contributed by atoms with Crippen LogP contribution >= 0.6 is 11.6 Å². The van der Waals surface area contributed by atoms with Gasteiger partial charge >= 0.3 is 0 Å². The Morgan fingerprint density at radius 1 is 1.05 bits per heavy atom. The fourth-order valence-electron chi connectivity index (χ4n) is 2.23. The van der Waals surface area contributed by atoms with Crippen molar-refractivity contribution >= 4 is 17.4 Å². The number of ketones is 1. The normalized spacial score (nSPS) is 11.4. The van der Waals surface area contributed by atoms with Crippen molar-refractivity contribution in [1.82, 2.24) is 0 Å². The first-order valence-corrected chi connectivity index (χ1v) is 7.09. The van der Waals surface area contributed by atoms with Gasteiger partial charge in [-0.25, -0.2) is 0 Å². The van der Waals surface area contributed by atoms with Gasteiger partial charge in [-0.3, -0.25) is 4.79 Å². The highest BCUT2D eigenvalue weighted by atomic mass is 35.5. The van der Waals surface area contributed by atoms with Gasteiger partial charge < -0.3 is 0 Å². The Morgan fingerprint density at radius 3 is 2.20 bits per heavy atom. The minimum atomic E-state index is -0.102. The van der Waals surface area contributed by atoms with Crippen LogP contribution in [0, 0.1) is 6.92 Å². The van der Waals surface area contributed by atoms with E-state index in [0.29, 0.717) is 16.1 Å². The molecule has 20 heavy (non-hydrogen) atoms. The van der Waals surface area contributed by atoms with Crippen LogP contribution in [-0.4, -0.2) is 5.78 Å². The molecule has 0 amide bonds. The molecule has 0 fully saturated rings. The number of aryl methyl sites for hydroxylation is 1. The molecule has 104 valence electrons. The topological polar surface area (TPSA) is 17.1 Å². The molecule has 1 nitrogen and oxygen atoms in total. The van der Waals surface area contributed by atoms with E-state index in [-0.39, 0.29) is 11.2 Å². The monoisotopic (exact) mass is 286 g/mol. The van der Waals surface area contributed by atoms with Gasteiger partial charge in [0.2, 0.25) is 0 Å². The molecule has 2 aromatic carbocycles. The summed E-state index contributed by atoms with van der Waals surface area (Å²) in [4.78, 5) is 12.7. The molecule has 0 atom stereocenters. The number of carbonyl (C=O) groups is 1. The van der Waals surface area contributed by atoms with E-state index < -0.39 is 0 Å². The Kier molecular flexibility index (Phi) is 4.01. The quantitative estimate of drug-likeness (QED) is 0.696. The fourth-order valence-corrected chi connectivity index (χ4v) is 2.40. The fraction of sp³-hybridized carbons (Fsp3) is 0.278. The molecule has 2 rings (SSSR count). The van der Waals surface area contributed by atoms with Gasteiger partial charge in [-0.15, -0.1) is 0 Å². The highest BCUT2D eigenvalue weighted by Gasteiger charge is 2.23. The molecule has 0 aliphatic rings. The number of benzene rings is 2. The Balaban J connectivity index is 2.62. The molecule has 0 heterocycles. The molecule has 0 unspecified atom stereocenters. The number of hydrogen-bond acceptors (Lipinski definition) is 1. The molecule has 2 aromatic rings. The lowest BCUT2D eigenvalue weighted by atomic mass is 9.81. The summed E-state index contributed by atoms with van der Waals surface area (Å²) < 4.78 is 0. The van der Waals surface area contributed by atoms with Crippen LogP contribution in [-0.2, 0) is 5.41 Å². The third-order valence-electron chi connectivity index (χ3n) is 3.39. The van der Waals surface area contributed by atoms with Crippen LogP contribution < -0.4 is 0 Å². The Bertz CT molecular complexity index is 636. The van der Waals surface area contributed by atoms with Gasteiger partial charge in [0, 0.05) is 16.1 Å². The van der Waals surface area contributed by atoms with Crippen molar-refractivity contribution < 1.29 is 4.79 Å². The summed E-state index contributed by atoms with van der Waals surface area (Å²) in [6, 6.07) is 13.2. The Hall–Kier alpha value is -1.60. The zero-order valence-corrected chi connectivity index (χ0v) is 13.1.